The first-order chi connectivity index (χ1) is 13.7. The Morgan fingerprint density at radius 2 is 1.83 bits per heavy atom. The molecule has 1 amide bonds. The fourth-order valence-corrected chi connectivity index (χ4v) is 3.53. The van der Waals surface area contributed by atoms with Gasteiger partial charge in [-0.15, -0.1) is 0 Å². The van der Waals surface area contributed by atoms with Crippen molar-refractivity contribution < 1.29 is 42.5 Å². The predicted molar refractivity (Wildman–Crippen MR) is 103 cm³/mol. The van der Waals surface area contributed by atoms with Gasteiger partial charge in [-0.1, -0.05) is 25.5 Å². The van der Waals surface area contributed by atoms with Crippen LogP contribution < -0.4 is 10.6 Å². The lowest BCUT2D eigenvalue weighted by Crippen LogP contribution is -2.62. The Balaban J connectivity index is 0.00000103. The van der Waals surface area contributed by atoms with E-state index in [2.05, 4.69) is 17.6 Å². The zero-order valence-electron chi connectivity index (χ0n) is 17.7. The van der Waals surface area contributed by atoms with Gasteiger partial charge in [-0.2, -0.15) is 13.2 Å². The second-order valence-electron chi connectivity index (χ2n) is 7.26. The number of rotatable bonds is 8. The number of carbonyl (C=O) groups excluding carboxylic acids is 1. The van der Waals surface area contributed by atoms with Gasteiger partial charge in [0.1, 0.15) is 6.04 Å². The summed E-state index contributed by atoms with van der Waals surface area (Å²) in [5, 5.41) is 22.6. The lowest BCUT2D eigenvalue weighted by molar-refractivity contribution is -0.192. The first kappa shape index (κ1) is 27.9. The number of ether oxygens (including phenoxy) is 1. The number of carboxylic acids is 2. The van der Waals surface area contributed by atoms with Gasteiger partial charge < -0.3 is 20.3 Å². The molecule has 0 bridgehead atoms. The molecule has 1 rings (SSSR count). The van der Waals surface area contributed by atoms with Crippen molar-refractivity contribution in [1.29, 1.82) is 0 Å². The molecule has 1 aliphatic heterocycles. The predicted octanol–water partition coefficient (Wildman–Crippen LogP) is 2.34. The minimum Gasteiger partial charge on any atom is -0.480 e. The maximum absolute atomic E-state index is 11.7. The first-order valence-electron chi connectivity index (χ1n) is 9.47. The lowest BCUT2D eigenvalue weighted by Gasteiger charge is -2.41. The van der Waals surface area contributed by atoms with Gasteiger partial charge in [0.2, 0.25) is 5.91 Å². The largest absolute Gasteiger partial charge is 0.490 e. The second-order valence-corrected chi connectivity index (χ2v) is 7.26. The molecule has 0 spiro atoms. The van der Waals surface area contributed by atoms with Gasteiger partial charge in [0.05, 0.1) is 11.6 Å². The van der Waals surface area contributed by atoms with Crippen LogP contribution in [0.5, 0.6) is 0 Å². The fraction of sp³-hybridized carbons (Fsp3) is 0.737. The van der Waals surface area contributed by atoms with E-state index in [9.17, 15) is 27.9 Å². The van der Waals surface area contributed by atoms with Gasteiger partial charge in [-0.3, -0.25) is 14.9 Å². The summed E-state index contributed by atoms with van der Waals surface area (Å²) in [6.07, 6.45) is 1.04. The summed E-state index contributed by atoms with van der Waals surface area (Å²) in [6, 6.07) is -1.11. The number of hydrogen-bond acceptors (Lipinski definition) is 5. The van der Waals surface area contributed by atoms with Crippen molar-refractivity contribution in [3.63, 3.8) is 0 Å². The Bertz CT molecular complexity index is 626. The summed E-state index contributed by atoms with van der Waals surface area (Å²) < 4.78 is 37.5. The maximum Gasteiger partial charge on any atom is 0.490 e. The van der Waals surface area contributed by atoms with E-state index in [0.717, 1.165) is 12.8 Å². The number of hydrogen-bond donors (Lipinski definition) is 4. The highest BCUT2D eigenvalue weighted by Gasteiger charge is 2.47. The monoisotopic (exact) mass is 440 g/mol. The summed E-state index contributed by atoms with van der Waals surface area (Å²) in [6.45, 7) is 7.43. The molecule has 1 heterocycles. The highest BCUT2D eigenvalue weighted by molar-refractivity contribution is 5.75. The first-order valence-corrected chi connectivity index (χ1v) is 9.47. The van der Waals surface area contributed by atoms with Crippen LogP contribution >= 0.6 is 0 Å². The molecule has 174 valence electrons. The van der Waals surface area contributed by atoms with E-state index in [-0.39, 0.29) is 23.9 Å². The zero-order chi connectivity index (χ0) is 23.7. The Morgan fingerprint density at radius 3 is 2.17 bits per heavy atom. The molecule has 0 aromatic carbocycles. The minimum absolute atomic E-state index is 0.0317. The van der Waals surface area contributed by atoms with Crippen LogP contribution in [-0.2, 0) is 19.1 Å². The molecular formula is C19H31F3N2O6. The second kappa shape index (κ2) is 11.9. The molecule has 5 atom stereocenters. The van der Waals surface area contributed by atoms with Crippen LogP contribution in [0.15, 0.2) is 12.2 Å². The van der Waals surface area contributed by atoms with Crippen LogP contribution in [-0.4, -0.2) is 65.1 Å². The van der Waals surface area contributed by atoms with Gasteiger partial charge in [0.15, 0.2) is 0 Å². The van der Waals surface area contributed by atoms with Crippen LogP contribution in [0.3, 0.4) is 0 Å². The highest BCUT2D eigenvalue weighted by atomic mass is 19.4. The van der Waals surface area contributed by atoms with E-state index in [4.69, 9.17) is 14.6 Å². The van der Waals surface area contributed by atoms with E-state index < -0.39 is 29.8 Å². The molecule has 11 heteroatoms. The lowest BCUT2D eigenvalue weighted by atomic mass is 9.81. The maximum atomic E-state index is 11.7. The van der Waals surface area contributed by atoms with Crippen molar-refractivity contribution in [2.45, 2.75) is 76.9 Å². The van der Waals surface area contributed by atoms with Crippen molar-refractivity contribution >= 4 is 17.8 Å². The zero-order valence-corrected chi connectivity index (χ0v) is 17.7. The van der Waals surface area contributed by atoms with Crippen LogP contribution in [0, 0.1) is 5.92 Å². The Hall–Kier alpha value is -2.14. The highest BCUT2D eigenvalue weighted by Crippen LogP contribution is 2.32. The summed E-state index contributed by atoms with van der Waals surface area (Å²) >= 11 is 0. The van der Waals surface area contributed by atoms with E-state index in [1.54, 1.807) is 7.11 Å². The van der Waals surface area contributed by atoms with Crippen LogP contribution in [0.25, 0.3) is 0 Å². The summed E-state index contributed by atoms with van der Waals surface area (Å²) in [4.78, 5) is 32.0. The number of carbonyl (C=O) groups is 3. The third-order valence-corrected chi connectivity index (χ3v) is 4.93. The van der Waals surface area contributed by atoms with Crippen LogP contribution in [0.1, 0.15) is 47.0 Å². The molecule has 0 aromatic heterocycles. The number of carboxylic acid groups (broad SMARTS) is 2. The SMILES string of the molecule is C/C=C\[C@H]1C[C@@H](C(=O)O)N[C@H]1[C@@H](NC(C)=O)[C@](C)(CCC)OC.O=C(O)C(F)(F)F. The number of allylic oxidation sites excluding steroid dienone is 1. The van der Waals surface area contributed by atoms with E-state index >= 15 is 0 Å². The Labute approximate surface area is 173 Å². The van der Waals surface area contributed by atoms with Gasteiger partial charge in [-0.25, -0.2) is 4.79 Å². The van der Waals surface area contributed by atoms with Gasteiger partial charge in [-0.05, 0) is 32.6 Å². The molecule has 0 saturated carbocycles. The van der Waals surface area contributed by atoms with Crippen molar-refractivity contribution in [3.05, 3.63) is 12.2 Å². The average Bonchev–Trinajstić information content (AvgIpc) is 3.03. The van der Waals surface area contributed by atoms with Crippen LogP contribution in [0.2, 0.25) is 0 Å². The smallest absolute Gasteiger partial charge is 0.480 e. The minimum atomic E-state index is -5.08. The number of nitrogens with one attached hydrogen (secondary N) is 2. The summed E-state index contributed by atoms with van der Waals surface area (Å²) in [7, 11) is 1.64. The van der Waals surface area contributed by atoms with Gasteiger partial charge >= 0.3 is 18.1 Å². The molecule has 0 aromatic rings. The molecule has 1 fully saturated rings. The molecule has 0 aliphatic carbocycles. The van der Waals surface area contributed by atoms with Crippen molar-refractivity contribution in [2.24, 2.45) is 5.92 Å². The topological polar surface area (TPSA) is 125 Å². The standard InChI is InChI=1S/C17H30N2O4.C2HF3O2/c1-6-8-12-10-13(16(21)22)19-14(12)15(18-11(3)20)17(4,23-5)9-7-2;3-2(4,5)1(6)7/h6,8,12-15,19H,7,9-10H2,1-5H3,(H,18,20)(H,21,22);(H,6,7)/b8-6-;/t12-,13-,14+,15+,17-;/m0./s1. The molecule has 4 N–H and O–H groups in total. The third kappa shape index (κ3) is 8.31. The molecule has 1 saturated heterocycles. The summed E-state index contributed by atoms with van der Waals surface area (Å²) in [5.41, 5.74) is -0.564. The number of methoxy groups -OCH3 is 1. The molecule has 30 heavy (non-hydrogen) atoms. The van der Waals surface area contributed by atoms with Gasteiger partial charge in [0.25, 0.3) is 0 Å². The van der Waals surface area contributed by atoms with Crippen molar-refractivity contribution in [1.82, 2.24) is 10.6 Å². The number of alkyl halides is 3. The van der Waals surface area contributed by atoms with Crippen molar-refractivity contribution in [3.8, 4) is 0 Å². The molecular weight excluding hydrogens is 409 g/mol. The van der Waals surface area contributed by atoms with Crippen molar-refractivity contribution in [2.75, 3.05) is 7.11 Å². The van der Waals surface area contributed by atoms with E-state index in [1.807, 2.05) is 26.0 Å². The number of aliphatic carboxylic acids is 2. The number of amides is 1. The third-order valence-electron chi connectivity index (χ3n) is 4.93. The number of halogens is 3. The molecule has 1 aliphatic rings. The Morgan fingerprint density at radius 1 is 1.30 bits per heavy atom. The molecule has 8 nitrogen and oxygen atoms in total. The van der Waals surface area contributed by atoms with E-state index in [1.165, 1.54) is 6.92 Å². The fourth-order valence-electron chi connectivity index (χ4n) is 3.53. The van der Waals surface area contributed by atoms with Gasteiger partial charge in [0, 0.05) is 20.1 Å². The average molecular weight is 440 g/mol. The molecule has 0 radical (unpaired) electrons. The van der Waals surface area contributed by atoms with Crippen LogP contribution in [0.4, 0.5) is 13.2 Å². The van der Waals surface area contributed by atoms with E-state index in [0.29, 0.717) is 6.42 Å². The normalized spacial score (nSPS) is 24.5. The molecule has 0 unspecified atom stereocenters. The summed E-state index contributed by atoms with van der Waals surface area (Å²) in [5.74, 6) is -3.73. The quantitative estimate of drug-likeness (QED) is 0.427. The Kier molecular flexibility index (Phi) is 11.0.